The fraction of sp³-hybridized carbons (Fsp3) is 0.455. The van der Waals surface area contributed by atoms with E-state index in [1.807, 2.05) is 55.1 Å². The topological polar surface area (TPSA) is 103 Å². The molecule has 2 heterocycles. The van der Waals surface area contributed by atoms with E-state index in [0.717, 1.165) is 51.8 Å². The first-order chi connectivity index (χ1) is 20.8. The lowest BCUT2D eigenvalue weighted by atomic mass is 10.0. The Balaban J connectivity index is 1.46. The summed E-state index contributed by atoms with van der Waals surface area (Å²) in [7, 11) is 0. The van der Waals surface area contributed by atoms with Crippen LogP contribution in [0.1, 0.15) is 42.8 Å². The number of hydrogen-bond donors (Lipinski definition) is 3. The standard InChI is InChI=1S/C33H43N5O3S2/c1-4-9-30(39)36-28(20-31-37-27-13-12-24(5-2)19-29(27)43-31)33(41)35-26(18-25-10-7-6-8-11-25)21-34-32(40)23(3)22-38-14-16-42-17-15-38/h6-8,10-13,19,26,28H,3-5,9,14-18,20-22H2,1-2H3,(H,34,40)(H,35,41)(H,36,39)/t26-,28-/m0/s1. The van der Waals surface area contributed by atoms with E-state index in [-0.39, 0.29) is 36.7 Å². The average molecular weight is 622 g/mol. The highest BCUT2D eigenvalue weighted by atomic mass is 32.2. The molecule has 3 N–H and O–H groups in total. The zero-order valence-corrected chi connectivity index (χ0v) is 26.8. The molecule has 2 aromatic carbocycles. The van der Waals surface area contributed by atoms with Gasteiger partial charge in [0.05, 0.1) is 21.3 Å². The number of nitrogens with zero attached hydrogens (tertiary/aromatic N) is 2. The SMILES string of the molecule is C=C(CN1CCSCC1)C(=O)NC[C@H](Cc1ccccc1)NC(=O)[C@H](Cc1nc2ccc(CC)cc2s1)NC(=O)CCC. The number of aryl methyl sites for hydroxylation is 1. The third-order valence-corrected chi connectivity index (χ3v) is 9.42. The Bertz CT molecular complexity index is 1390. The number of amides is 3. The first kappa shape index (κ1) is 32.7. The van der Waals surface area contributed by atoms with Crippen molar-refractivity contribution in [1.82, 2.24) is 25.8 Å². The molecule has 43 heavy (non-hydrogen) atoms. The molecule has 0 unspecified atom stereocenters. The first-order valence-electron chi connectivity index (χ1n) is 15.1. The maximum absolute atomic E-state index is 13.8. The molecular formula is C33H43N5O3S2. The van der Waals surface area contributed by atoms with E-state index in [1.165, 1.54) is 5.56 Å². The van der Waals surface area contributed by atoms with Crippen LogP contribution < -0.4 is 16.0 Å². The lowest BCUT2D eigenvalue weighted by molar-refractivity contribution is -0.129. The second-order valence-electron chi connectivity index (χ2n) is 10.9. The van der Waals surface area contributed by atoms with Gasteiger partial charge in [-0.2, -0.15) is 11.8 Å². The maximum atomic E-state index is 13.8. The van der Waals surface area contributed by atoms with E-state index in [2.05, 4.69) is 46.5 Å². The normalized spacial score (nSPS) is 15.0. The summed E-state index contributed by atoms with van der Waals surface area (Å²) in [6, 6.07) is 14.9. The van der Waals surface area contributed by atoms with Crippen molar-refractivity contribution < 1.29 is 14.4 Å². The predicted molar refractivity (Wildman–Crippen MR) is 178 cm³/mol. The number of rotatable bonds is 15. The molecule has 0 saturated carbocycles. The maximum Gasteiger partial charge on any atom is 0.247 e. The molecule has 8 nitrogen and oxygen atoms in total. The van der Waals surface area contributed by atoms with Gasteiger partial charge < -0.3 is 16.0 Å². The monoisotopic (exact) mass is 621 g/mol. The van der Waals surface area contributed by atoms with Crippen LogP contribution in [-0.2, 0) is 33.6 Å². The summed E-state index contributed by atoms with van der Waals surface area (Å²) in [5, 5.41) is 9.85. The molecule has 1 aliphatic heterocycles. The van der Waals surface area contributed by atoms with Gasteiger partial charge in [-0.15, -0.1) is 11.3 Å². The van der Waals surface area contributed by atoms with Crippen molar-refractivity contribution in [1.29, 1.82) is 0 Å². The van der Waals surface area contributed by atoms with Gasteiger partial charge >= 0.3 is 0 Å². The molecule has 230 valence electrons. The Morgan fingerprint density at radius 3 is 2.49 bits per heavy atom. The number of fused-ring (bicyclic) bond motifs is 1. The third kappa shape index (κ3) is 10.2. The van der Waals surface area contributed by atoms with Gasteiger partial charge in [0, 0.05) is 56.1 Å². The number of benzene rings is 2. The fourth-order valence-electron chi connectivity index (χ4n) is 5.02. The molecule has 1 fully saturated rings. The summed E-state index contributed by atoms with van der Waals surface area (Å²) in [6.07, 6.45) is 2.77. The third-order valence-electron chi connectivity index (χ3n) is 7.43. The Labute approximate surface area is 263 Å². The molecule has 0 radical (unpaired) electrons. The number of hydrogen-bond acceptors (Lipinski definition) is 7. The number of thioether (sulfide) groups is 1. The van der Waals surface area contributed by atoms with E-state index in [0.29, 0.717) is 31.4 Å². The Morgan fingerprint density at radius 2 is 1.77 bits per heavy atom. The molecule has 3 amide bonds. The fourth-order valence-corrected chi connectivity index (χ4v) is 7.07. The van der Waals surface area contributed by atoms with Crippen molar-refractivity contribution in [2.45, 2.75) is 58.0 Å². The highest BCUT2D eigenvalue weighted by molar-refractivity contribution is 7.99. The van der Waals surface area contributed by atoms with Gasteiger partial charge in [0.25, 0.3) is 0 Å². The number of thiazole rings is 1. The van der Waals surface area contributed by atoms with Gasteiger partial charge in [0.2, 0.25) is 17.7 Å². The minimum atomic E-state index is -0.786. The van der Waals surface area contributed by atoms with Crippen molar-refractivity contribution in [2.24, 2.45) is 0 Å². The predicted octanol–water partition coefficient (Wildman–Crippen LogP) is 4.13. The summed E-state index contributed by atoms with van der Waals surface area (Å²) in [5.74, 6) is 1.45. The first-order valence-corrected chi connectivity index (χ1v) is 17.1. The van der Waals surface area contributed by atoms with Crippen LogP contribution in [0.4, 0.5) is 0 Å². The second kappa shape index (κ2) is 16.6. The lowest BCUT2D eigenvalue weighted by Gasteiger charge is -2.27. The van der Waals surface area contributed by atoms with Crippen LogP contribution >= 0.6 is 23.1 Å². The largest absolute Gasteiger partial charge is 0.350 e. The minimum Gasteiger partial charge on any atom is -0.350 e. The molecule has 4 rings (SSSR count). The summed E-state index contributed by atoms with van der Waals surface area (Å²) in [5.41, 5.74) is 3.68. The summed E-state index contributed by atoms with van der Waals surface area (Å²) in [4.78, 5) is 46.4. The summed E-state index contributed by atoms with van der Waals surface area (Å²) >= 11 is 3.48. The second-order valence-corrected chi connectivity index (χ2v) is 13.3. The lowest BCUT2D eigenvalue weighted by Crippen LogP contribution is -2.53. The zero-order chi connectivity index (χ0) is 30.6. The molecule has 1 aliphatic rings. The van der Waals surface area contributed by atoms with Crippen molar-refractivity contribution in [3.05, 3.63) is 76.8 Å². The molecule has 0 aliphatic carbocycles. The molecule has 0 bridgehead atoms. The van der Waals surface area contributed by atoms with Crippen LogP contribution in [0.3, 0.4) is 0 Å². The van der Waals surface area contributed by atoms with Crippen LogP contribution in [0.2, 0.25) is 0 Å². The van der Waals surface area contributed by atoms with Crippen LogP contribution in [0.15, 0.2) is 60.7 Å². The van der Waals surface area contributed by atoms with Crippen LogP contribution in [0.5, 0.6) is 0 Å². The van der Waals surface area contributed by atoms with Gasteiger partial charge in [-0.3, -0.25) is 19.3 Å². The van der Waals surface area contributed by atoms with E-state index >= 15 is 0 Å². The van der Waals surface area contributed by atoms with Gasteiger partial charge in [0.1, 0.15) is 6.04 Å². The number of carbonyl (C=O) groups excluding carboxylic acids is 3. The number of aromatic nitrogens is 1. The smallest absolute Gasteiger partial charge is 0.247 e. The van der Waals surface area contributed by atoms with E-state index in [4.69, 9.17) is 4.98 Å². The molecule has 1 aromatic heterocycles. The minimum absolute atomic E-state index is 0.169. The molecule has 3 aromatic rings. The Hall–Kier alpha value is -3.21. The summed E-state index contributed by atoms with van der Waals surface area (Å²) < 4.78 is 1.07. The van der Waals surface area contributed by atoms with Crippen molar-refractivity contribution in [2.75, 3.05) is 37.7 Å². The number of carbonyl (C=O) groups is 3. The van der Waals surface area contributed by atoms with Crippen LogP contribution in [0.25, 0.3) is 10.2 Å². The van der Waals surface area contributed by atoms with Gasteiger partial charge in [0.15, 0.2) is 0 Å². The van der Waals surface area contributed by atoms with Crippen LogP contribution in [0, 0.1) is 0 Å². The zero-order valence-electron chi connectivity index (χ0n) is 25.2. The van der Waals surface area contributed by atoms with Crippen molar-refractivity contribution in [3.8, 4) is 0 Å². The molecule has 2 atom stereocenters. The molecular weight excluding hydrogens is 579 g/mol. The molecule has 0 spiro atoms. The average Bonchev–Trinajstić information content (AvgIpc) is 3.42. The van der Waals surface area contributed by atoms with E-state index < -0.39 is 6.04 Å². The highest BCUT2D eigenvalue weighted by Crippen LogP contribution is 2.24. The van der Waals surface area contributed by atoms with Crippen LogP contribution in [-0.4, -0.2) is 77.4 Å². The molecule has 1 saturated heterocycles. The van der Waals surface area contributed by atoms with E-state index in [1.54, 1.807) is 11.3 Å². The Morgan fingerprint density at radius 1 is 1.00 bits per heavy atom. The van der Waals surface area contributed by atoms with Crippen molar-refractivity contribution >= 4 is 51.0 Å². The van der Waals surface area contributed by atoms with Gasteiger partial charge in [-0.25, -0.2) is 4.98 Å². The quantitative estimate of drug-likeness (QED) is 0.221. The molecule has 10 heteroatoms. The van der Waals surface area contributed by atoms with Gasteiger partial charge in [-0.1, -0.05) is 56.8 Å². The number of nitrogens with one attached hydrogen (secondary N) is 3. The summed E-state index contributed by atoms with van der Waals surface area (Å²) in [6.45, 7) is 10.7. The van der Waals surface area contributed by atoms with Crippen molar-refractivity contribution in [3.63, 3.8) is 0 Å². The van der Waals surface area contributed by atoms with Gasteiger partial charge in [-0.05, 0) is 42.5 Å². The highest BCUT2D eigenvalue weighted by Gasteiger charge is 2.26. The Kier molecular flexibility index (Phi) is 12.6. The van der Waals surface area contributed by atoms with E-state index in [9.17, 15) is 14.4 Å².